The van der Waals surface area contributed by atoms with Crippen LogP contribution < -0.4 is 4.90 Å². The van der Waals surface area contributed by atoms with Crippen molar-refractivity contribution in [1.82, 2.24) is 9.97 Å². The lowest BCUT2D eigenvalue weighted by Gasteiger charge is -2.33. The van der Waals surface area contributed by atoms with Gasteiger partial charge < -0.3 is 9.64 Å². The van der Waals surface area contributed by atoms with E-state index in [1.165, 1.54) is 17.7 Å². The molecule has 1 fully saturated rings. The van der Waals surface area contributed by atoms with E-state index in [-0.39, 0.29) is 0 Å². The molecule has 6 heteroatoms. The predicted molar refractivity (Wildman–Crippen MR) is 88.6 cm³/mol. The number of thiophene rings is 1. The van der Waals surface area contributed by atoms with Crippen LogP contribution in [-0.2, 0) is 11.2 Å². The molecule has 4 nitrogen and oxygen atoms in total. The van der Waals surface area contributed by atoms with Crippen LogP contribution in [0, 0.1) is 5.92 Å². The van der Waals surface area contributed by atoms with Crippen molar-refractivity contribution in [3.63, 3.8) is 0 Å². The van der Waals surface area contributed by atoms with E-state index in [0.29, 0.717) is 11.2 Å². The molecule has 114 valence electrons. The van der Waals surface area contributed by atoms with Gasteiger partial charge in [0, 0.05) is 25.1 Å². The average molecular weight is 326 g/mol. The molecule has 0 saturated carbocycles. The minimum absolute atomic E-state index is 0.343. The summed E-state index contributed by atoms with van der Waals surface area (Å²) in [6.45, 7) is 4.98. The van der Waals surface area contributed by atoms with Crippen LogP contribution in [0.5, 0.6) is 0 Å². The van der Waals surface area contributed by atoms with E-state index in [9.17, 15) is 0 Å². The summed E-state index contributed by atoms with van der Waals surface area (Å²) in [4.78, 5) is 13.6. The van der Waals surface area contributed by atoms with Gasteiger partial charge in [-0.1, -0.05) is 6.92 Å². The van der Waals surface area contributed by atoms with Gasteiger partial charge in [-0.15, -0.1) is 11.3 Å². The van der Waals surface area contributed by atoms with Gasteiger partial charge in [-0.2, -0.15) is 4.98 Å². The summed E-state index contributed by atoms with van der Waals surface area (Å²) >= 11 is 7.84. The third-order valence-electron chi connectivity index (χ3n) is 3.97. The Morgan fingerprint density at radius 3 is 3.10 bits per heavy atom. The number of rotatable bonds is 4. The van der Waals surface area contributed by atoms with Crippen molar-refractivity contribution < 1.29 is 4.74 Å². The quantitative estimate of drug-likeness (QED) is 0.802. The molecule has 0 spiro atoms. The minimum Gasteiger partial charge on any atom is -0.384 e. The zero-order chi connectivity index (χ0) is 14.8. The smallest absolute Gasteiger partial charge is 0.225 e. The van der Waals surface area contributed by atoms with Gasteiger partial charge in [0.2, 0.25) is 5.28 Å². The first-order valence-corrected chi connectivity index (χ1v) is 8.60. The molecule has 0 bridgehead atoms. The minimum atomic E-state index is 0.343. The zero-order valence-electron chi connectivity index (χ0n) is 12.4. The highest BCUT2D eigenvalue weighted by atomic mass is 35.5. The summed E-state index contributed by atoms with van der Waals surface area (Å²) in [5.41, 5.74) is 0. The Morgan fingerprint density at radius 1 is 1.48 bits per heavy atom. The molecule has 1 aliphatic rings. The lowest BCUT2D eigenvalue weighted by Crippen LogP contribution is -2.37. The van der Waals surface area contributed by atoms with E-state index >= 15 is 0 Å². The predicted octanol–water partition coefficient (Wildman–Crippen LogP) is 3.77. The molecule has 21 heavy (non-hydrogen) atoms. The molecule has 0 radical (unpaired) electrons. The van der Waals surface area contributed by atoms with Crippen molar-refractivity contribution in [2.24, 2.45) is 5.92 Å². The summed E-state index contributed by atoms with van der Waals surface area (Å²) in [6, 6.07) is 2.21. The lowest BCUT2D eigenvalue weighted by atomic mass is 9.99. The third kappa shape index (κ3) is 3.15. The number of anilines is 1. The van der Waals surface area contributed by atoms with Gasteiger partial charge in [0.1, 0.15) is 10.6 Å². The average Bonchev–Trinajstić information content (AvgIpc) is 2.90. The Kier molecular flexibility index (Phi) is 4.62. The van der Waals surface area contributed by atoms with Gasteiger partial charge >= 0.3 is 0 Å². The van der Waals surface area contributed by atoms with Crippen molar-refractivity contribution in [3.05, 3.63) is 16.2 Å². The third-order valence-corrected chi connectivity index (χ3v) is 5.31. The van der Waals surface area contributed by atoms with Gasteiger partial charge in [-0.3, -0.25) is 0 Å². The number of fused-ring (bicyclic) bond motifs is 1. The van der Waals surface area contributed by atoms with E-state index in [1.54, 1.807) is 18.4 Å². The van der Waals surface area contributed by atoms with E-state index in [1.807, 2.05) is 0 Å². The number of aromatic nitrogens is 2. The molecule has 1 aliphatic heterocycles. The molecule has 1 saturated heterocycles. The van der Waals surface area contributed by atoms with Crippen molar-refractivity contribution in [2.75, 3.05) is 31.7 Å². The Hall–Kier alpha value is -0.910. The lowest BCUT2D eigenvalue weighted by molar-refractivity contribution is 0.143. The Balaban J connectivity index is 1.96. The van der Waals surface area contributed by atoms with Crippen molar-refractivity contribution in [3.8, 4) is 0 Å². The highest BCUT2D eigenvalue weighted by molar-refractivity contribution is 7.18. The van der Waals surface area contributed by atoms with Gasteiger partial charge in [0.25, 0.3) is 0 Å². The Labute approximate surface area is 134 Å². The van der Waals surface area contributed by atoms with Crippen molar-refractivity contribution in [2.45, 2.75) is 26.2 Å². The molecular weight excluding hydrogens is 306 g/mol. The summed E-state index contributed by atoms with van der Waals surface area (Å²) < 4.78 is 5.31. The number of nitrogens with zero attached hydrogens (tertiary/aromatic N) is 3. The molecule has 3 rings (SSSR count). The van der Waals surface area contributed by atoms with E-state index in [2.05, 4.69) is 27.9 Å². The molecular formula is C15H20ClN3OS. The second kappa shape index (κ2) is 6.46. The number of halogens is 1. The first-order valence-electron chi connectivity index (χ1n) is 7.41. The molecule has 0 amide bonds. The first-order chi connectivity index (χ1) is 10.2. The molecule has 2 aromatic rings. The zero-order valence-corrected chi connectivity index (χ0v) is 14.0. The molecule has 0 aromatic carbocycles. The Bertz CT molecular complexity index is 629. The first kappa shape index (κ1) is 15.0. The van der Waals surface area contributed by atoms with Crippen LogP contribution in [0.15, 0.2) is 6.07 Å². The van der Waals surface area contributed by atoms with E-state index in [4.69, 9.17) is 16.3 Å². The largest absolute Gasteiger partial charge is 0.384 e. The maximum Gasteiger partial charge on any atom is 0.225 e. The summed E-state index contributed by atoms with van der Waals surface area (Å²) in [6.07, 6.45) is 3.41. The van der Waals surface area contributed by atoms with E-state index in [0.717, 1.165) is 42.2 Å². The second-order valence-corrected chi connectivity index (χ2v) is 6.96. The maximum absolute atomic E-state index is 6.13. The van der Waals surface area contributed by atoms with Crippen molar-refractivity contribution in [1.29, 1.82) is 0 Å². The van der Waals surface area contributed by atoms with Crippen LogP contribution in [0.4, 0.5) is 5.82 Å². The van der Waals surface area contributed by atoms with Crippen LogP contribution in [0.2, 0.25) is 5.28 Å². The van der Waals surface area contributed by atoms with Crippen LogP contribution in [0.1, 0.15) is 24.6 Å². The maximum atomic E-state index is 6.13. The number of aryl methyl sites for hydroxylation is 1. The molecule has 0 aliphatic carbocycles. The van der Waals surface area contributed by atoms with Gasteiger partial charge in [-0.25, -0.2) is 4.98 Å². The number of methoxy groups -OCH3 is 1. The fourth-order valence-corrected chi connectivity index (χ4v) is 4.15. The van der Waals surface area contributed by atoms with Crippen LogP contribution in [0.3, 0.4) is 0 Å². The molecule has 3 heterocycles. The van der Waals surface area contributed by atoms with Gasteiger partial charge in [0.05, 0.1) is 12.0 Å². The van der Waals surface area contributed by atoms with Crippen LogP contribution in [-0.4, -0.2) is 36.8 Å². The second-order valence-electron chi connectivity index (χ2n) is 5.51. The summed E-state index contributed by atoms with van der Waals surface area (Å²) in [5, 5.41) is 1.48. The summed E-state index contributed by atoms with van der Waals surface area (Å²) in [7, 11) is 1.77. The highest BCUT2D eigenvalue weighted by Gasteiger charge is 2.23. The fourth-order valence-electron chi connectivity index (χ4n) is 2.98. The molecule has 0 N–H and O–H groups in total. The van der Waals surface area contributed by atoms with Crippen molar-refractivity contribution >= 4 is 39.0 Å². The normalized spacial score (nSPS) is 19.4. The van der Waals surface area contributed by atoms with Gasteiger partial charge in [0.15, 0.2) is 0 Å². The Morgan fingerprint density at radius 2 is 2.33 bits per heavy atom. The van der Waals surface area contributed by atoms with Crippen LogP contribution >= 0.6 is 22.9 Å². The monoisotopic (exact) mass is 325 g/mol. The topological polar surface area (TPSA) is 38.2 Å². The number of piperidine rings is 1. The number of hydrogen-bond donors (Lipinski definition) is 0. The molecule has 1 unspecified atom stereocenters. The SMILES string of the molecule is CCc1cc2c(N3CCCC(COC)C3)nc(Cl)nc2s1. The molecule has 1 atom stereocenters. The van der Waals surface area contributed by atoms with Gasteiger partial charge in [-0.05, 0) is 42.8 Å². The standard InChI is InChI=1S/C15H20ClN3OS/c1-3-11-7-12-13(17-15(16)18-14(12)21-11)19-6-4-5-10(8-19)9-20-2/h7,10H,3-6,8-9H2,1-2H3. The summed E-state index contributed by atoms with van der Waals surface area (Å²) in [5.74, 6) is 1.55. The van der Waals surface area contributed by atoms with E-state index < -0.39 is 0 Å². The number of hydrogen-bond acceptors (Lipinski definition) is 5. The highest BCUT2D eigenvalue weighted by Crippen LogP contribution is 2.34. The molecule has 2 aromatic heterocycles. The fraction of sp³-hybridized carbons (Fsp3) is 0.600. The number of ether oxygens (including phenoxy) is 1. The van der Waals surface area contributed by atoms with Crippen LogP contribution in [0.25, 0.3) is 10.2 Å².